The molecule has 6 nitrogen and oxygen atoms in total. The van der Waals surface area contributed by atoms with Crippen molar-refractivity contribution in [1.29, 1.82) is 0 Å². The van der Waals surface area contributed by atoms with Crippen molar-refractivity contribution < 1.29 is 9.47 Å². The zero-order valence-corrected chi connectivity index (χ0v) is 15.5. The summed E-state index contributed by atoms with van der Waals surface area (Å²) in [4.78, 5) is 13.0. The fourth-order valence-electron chi connectivity index (χ4n) is 2.45. The lowest BCUT2D eigenvalue weighted by atomic mass is 10.2. The Morgan fingerprint density at radius 1 is 0.704 bits per heavy atom. The van der Waals surface area contributed by atoms with Gasteiger partial charge in [0.2, 0.25) is 5.95 Å². The van der Waals surface area contributed by atoms with Crippen LogP contribution in [0.5, 0.6) is 23.5 Å². The lowest BCUT2D eigenvalue weighted by Gasteiger charge is -2.10. The standard InChI is InChI=1S/C21H24N4O2/c1-2-3-4-11-16-22-19-23-20(26-17-12-7-5-8-13-17)25-21(24-19)27-18-14-9-6-10-15-18/h5-10,12-15H,2-4,11,16H2,1H3,(H,22,23,24,25). The number of nitrogens with one attached hydrogen (secondary N) is 1. The van der Waals surface area contributed by atoms with Gasteiger partial charge < -0.3 is 14.8 Å². The Morgan fingerprint density at radius 3 is 1.78 bits per heavy atom. The molecule has 3 rings (SSSR count). The molecule has 2 aromatic carbocycles. The monoisotopic (exact) mass is 364 g/mol. The van der Waals surface area contributed by atoms with Crippen molar-refractivity contribution in [2.45, 2.75) is 32.6 Å². The van der Waals surface area contributed by atoms with E-state index in [1.54, 1.807) is 0 Å². The Labute approximate surface area is 159 Å². The van der Waals surface area contributed by atoms with E-state index in [1.807, 2.05) is 60.7 Å². The van der Waals surface area contributed by atoms with Crippen molar-refractivity contribution >= 4 is 5.95 Å². The number of unbranched alkanes of at least 4 members (excludes halogenated alkanes) is 3. The number of aromatic nitrogens is 3. The average Bonchev–Trinajstić information content (AvgIpc) is 2.69. The highest BCUT2D eigenvalue weighted by molar-refractivity contribution is 5.32. The van der Waals surface area contributed by atoms with Crippen LogP contribution in [0.4, 0.5) is 5.95 Å². The summed E-state index contributed by atoms with van der Waals surface area (Å²) in [5.74, 6) is 1.75. The van der Waals surface area contributed by atoms with Gasteiger partial charge in [-0.15, -0.1) is 4.98 Å². The SMILES string of the molecule is CCCCCCNc1nc(Oc2ccccc2)nc(Oc2ccccc2)n1. The van der Waals surface area contributed by atoms with Crippen LogP contribution >= 0.6 is 0 Å². The minimum absolute atomic E-state index is 0.193. The molecule has 6 heteroatoms. The lowest BCUT2D eigenvalue weighted by Crippen LogP contribution is -2.08. The Balaban J connectivity index is 1.74. The zero-order chi connectivity index (χ0) is 18.7. The second kappa shape index (κ2) is 10.1. The van der Waals surface area contributed by atoms with Gasteiger partial charge in [0.1, 0.15) is 11.5 Å². The summed E-state index contributed by atoms with van der Waals surface area (Å²) in [7, 11) is 0. The molecule has 0 amide bonds. The molecular weight excluding hydrogens is 340 g/mol. The van der Waals surface area contributed by atoms with E-state index in [9.17, 15) is 0 Å². The number of ether oxygens (including phenoxy) is 2. The average molecular weight is 364 g/mol. The first-order valence-electron chi connectivity index (χ1n) is 9.29. The molecule has 0 bridgehead atoms. The zero-order valence-electron chi connectivity index (χ0n) is 15.5. The molecule has 0 saturated carbocycles. The molecule has 27 heavy (non-hydrogen) atoms. The molecule has 0 aliphatic carbocycles. The summed E-state index contributed by atoms with van der Waals surface area (Å²) in [5.41, 5.74) is 0. The summed E-state index contributed by atoms with van der Waals surface area (Å²) < 4.78 is 11.5. The molecular formula is C21H24N4O2. The fraction of sp³-hybridized carbons (Fsp3) is 0.286. The van der Waals surface area contributed by atoms with E-state index in [0.29, 0.717) is 17.4 Å². The Morgan fingerprint density at radius 2 is 1.26 bits per heavy atom. The maximum absolute atomic E-state index is 5.76. The van der Waals surface area contributed by atoms with Gasteiger partial charge in [-0.1, -0.05) is 62.6 Å². The van der Waals surface area contributed by atoms with E-state index < -0.39 is 0 Å². The van der Waals surface area contributed by atoms with Gasteiger partial charge >= 0.3 is 12.0 Å². The number of rotatable bonds is 10. The highest BCUT2D eigenvalue weighted by Crippen LogP contribution is 2.23. The molecule has 0 fully saturated rings. The number of para-hydroxylation sites is 2. The highest BCUT2D eigenvalue weighted by Gasteiger charge is 2.10. The molecule has 1 N–H and O–H groups in total. The second-order valence-electron chi connectivity index (χ2n) is 6.04. The maximum atomic E-state index is 5.76. The van der Waals surface area contributed by atoms with Gasteiger partial charge in [-0.05, 0) is 30.7 Å². The molecule has 1 heterocycles. The van der Waals surface area contributed by atoms with Crippen molar-refractivity contribution in [2.24, 2.45) is 0 Å². The van der Waals surface area contributed by atoms with Gasteiger partial charge in [-0.2, -0.15) is 9.97 Å². The minimum Gasteiger partial charge on any atom is -0.424 e. The molecule has 0 unspecified atom stereocenters. The lowest BCUT2D eigenvalue weighted by molar-refractivity contribution is 0.398. The molecule has 0 spiro atoms. The van der Waals surface area contributed by atoms with Crippen LogP contribution in [0.2, 0.25) is 0 Å². The van der Waals surface area contributed by atoms with Crippen LogP contribution in [-0.4, -0.2) is 21.5 Å². The molecule has 1 aromatic heterocycles. The van der Waals surface area contributed by atoms with Crippen LogP contribution in [0.25, 0.3) is 0 Å². The van der Waals surface area contributed by atoms with Gasteiger partial charge in [0, 0.05) is 6.54 Å². The smallest absolute Gasteiger partial charge is 0.330 e. The molecule has 0 aliphatic rings. The normalized spacial score (nSPS) is 10.4. The van der Waals surface area contributed by atoms with E-state index >= 15 is 0 Å². The third-order valence-corrected chi connectivity index (χ3v) is 3.81. The molecule has 0 aliphatic heterocycles. The summed E-state index contributed by atoms with van der Waals surface area (Å²) in [6, 6.07) is 19.2. The van der Waals surface area contributed by atoms with E-state index in [-0.39, 0.29) is 12.0 Å². The van der Waals surface area contributed by atoms with E-state index in [2.05, 4.69) is 27.2 Å². The van der Waals surface area contributed by atoms with Crippen LogP contribution in [0.15, 0.2) is 60.7 Å². The minimum atomic E-state index is 0.193. The number of anilines is 1. The number of hydrogen-bond acceptors (Lipinski definition) is 6. The van der Waals surface area contributed by atoms with E-state index in [4.69, 9.17) is 9.47 Å². The van der Waals surface area contributed by atoms with E-state index in [0.717, 1.165) is 13.0 Å². The highest BCUT2D eigenvalue weighted by atomic mass is 16.5. The topological polar surface area (TPSA) is 69.2 Å². The van der Waals surface area contributed by atoms with Crippen LogP contribution < -0.4 is 14.8 Å². The third kappa shape index (κ3) is 6.26. The Hall–Kier alpha value is -3.15. The first-order valence-corrected chi connectivity index (χ1v) is 9.29. The molecule has 0 atom stereocenters. The largest absolute Gasteiger partial charge is 0.424 e. The number of benzene rings is 2. The number of hydrogen-bond donors (Lipinski definition) is 1. The van der Waals surface area contributed by atoms with Crippen LogP contribution in [0, 0.1) is 0 Å². The summed E-state index contributed by atoms with van der Waals surface area (Å²) in [6.07, 6.45) is 4.66. The summed E-state index contributed by atoms with van der Waals surface area (Å²) in [6.45, 7) is 2.99. The Kier molecular flexibility index (Phi) is 6.98. The molecule has 0 radical (unpaired) electrons. The van der Waals surface area contributed by atoms with Crippen molar-refractivity contribution in [3.8, 4) is 23.5 Å². The van der Waals surface area contributed by atoms with Crippen molar-refractivity contribution in [3.63, 3.8) is 0 Å². The molecule has 140 valence electrons. The first kappa shape index (κ1) is 18.6. The van der Waals surface area contributed by atoms with Crippen LogP contribution in [-0.2, 0) is 0 Å². The third-order valence-electron chi connectivity index (χ3n) is 3.81. The van der Waals surface area contributed by atoms with E-state index in [1.165, 1.54) is 19.3 Å². The Bertz CT molecular complexity index is 753. The summed E-state index contributed by atoms with van der Waals surface area (Å²) >= 11 is 0. The van der Waals surface area contributed by atoms with Gasteiger partial charge in [0.05, 0.1) is 0 Å². The molecule has 3 aromatic rings. The van der Waals surface area contributed by atoms with Gasteiger partial charge in [0.15, 0.2) is 0 Å². The molecule has 0 saturated heterocycles. The predicted octanol–water partition coefficient (Wildman–Crippen LogP) is 5.45. The maximum Gasteiger partial charge on any atom is 0.330 e. The van der Waals surface area contributed by atoms with Gasteiger partial charge in [-0.25, -0.2) is 0 Å². The first-order chi connectivity index (χ1) is 13.3. The van der Waals surface area contributed by atoms with Crippen molar-refractivity contribution in [1.82, 2.24) is 15.0 Å². The van der Waals surface area contributed by atoms with Gasteiger partial charge in [0.25, 0.3) is 0 Å². The van der Waals surface area contributed by atoms with Crippen LogP contribution in [0.3, 0.4) is 0 Å². The van der Waals surface area contributed by atoms with Gasteiger partial charge in [-0.3, -0.25) is 0 Å². The van der Waals surface area contributed by atoms with Crippen molar-refractivity contribution in [2.75, 3.05) is 11.9 Å². The predicted molar refractivity (Wildman–Crippen MR) is 105 cm³/mol. The second-order valence-corrected chi connectivity index (χ2v) is 6.04. The quantitative estimate of drug-likeness (QED) is 0.483. The van der Waals surface area contributed by atoms with Crippen LogP contribution in [0.1, 0.15) is 32.6 Å². The summed E-state index contributed by atoms with van der Waals surface area (Å²) in [5, 5.41) is 3.23. The fourth-order valence-corrected chi connectivity index (χ4v) is 2.45. The number of nitrogens with zero attached hydrogens (tertiary/aromatic N) is 3. The van der Waals surface area contributed by atoms with Crippen molar-refractivity contribution in [3.05, 3.63) is 60.7 Å².